The van der Waals surface area contributed by atoms with E-state index in [4.69, 9.17) is 24.2 Å². The molecule has 1 saturated heterocycles. The number of rotatable bonds is 5. The molecule has 2 heterocycles. The van der Waals surface area contributed by atoms with E-state index in [0.717, 1.165) is 5.56 Å². The fourth-order valence-electron chi connectivity index (χ4n) is 3.68. The van der Waals surface area contributed by atoms with Gasteiger partial charge in [-0.05, 0) is 42.2 Å². The summed E-state index contributed by atoms with van der Waals surface area (Å²) < 4.78 is 29.9. The second-order valence-electron chi connectivity index (χ2n) is 6.78. The lowest BCUT2D eigenvalue weighted by atomic mass is 9.81. The third-order valence-corrected chi connectivity index (χ3v) is 5.01. The van der Waals surface area contributed by atoms with E-state index in [-0.39, 0.29) is 24.4 Å². The Hall–Kier alpha value is -3.00. The number of hydrogen-bond acceptors (Lipinski definition) is 6. The minimum atomic E-state index is -1.34. The fraction of sp³-hybridized carbons (Fsp3) is 0.350. The van der Waals surface area contributed by atoms with Gasteiger partial charge in [0.1, 0.15) is 11.6 Å². The Balaban J connectivity index is 1.48. The lowest BCUT2D eigenvalue weighted by Crippen LogP contribution is -2.42. The van der Waals surface area contributed by atoms with E-state index in [2.05, 4.69) is 0 Å². The average molecular weight is 389 g/mol. The molecule has 28 heavy (non-hydrogen) atoms. The molecule has 148 valence electrons. The van der Waals surface area contributed by atoms with E-state index in [1.54, 1.807) is 30.3 Å². The van der Waals surface area contributed by atoms with E-state index in [1.807, 2.05) is 0 Å². The van der Waals surface area contributed by atoms with Gasteiger partial charge in [-0.15, -0.1) is 5.06 Å². The van der Waals surface area contributed by atoms with Crippen LogP contribution in [0.15, 0.2) is 42.5 Å². The minimum absolute atomic E-state index is 0.0380. The molecule has 2 aliphatic heterocycles. The number of carbonyl (C=O) groups is 1. The minimum Gasteiger partial charge on any atom is -0.493 e. The molecule has 2 aliphatic rings. The first kappa shape index (κ1) is 18.4. The van der Waals surface area contributed by atoms with Gasteiger partial charge >= 0.3 is 6.16 Å². The topological polar surface area (TPSA) is 77.5 Å². The van der Waals surface area contributed by atoms with Crippen molar-refractivity contribution in [3.8, 4) is 17.2 Å². The summed E-state index contributed by atoms with van der Waals surface area (Å²) in [7, 11) is 0. The monoisotopic (exact) mass is 389 g/mol. The second kappa shape index (κ2) is 7.93. The summed E-state index contributed by atoms with van der Waals surface area (Å²) >= 11 is 0. The van der Waals surface area contributed by atoms with E-state index in [0.29, 0.717) is 43.4 Å². The molecule has 0 unspecified atom stereocenters. The quantitative estimate of drug-likeness (QED) is 0.836. The molecule has 2 aromatic carbocycles. The number of ether oxygens (including phenoxy) is 3. The number of hydroxylamine groups is 2. The molecule has 1 N–H and O–H groups in total. The van der Waals surface area contributed by atoms with Crippen molar-refractivity contribution in [2.75, 3.05) is 26.5 Å². The number of fused-ring (bicyclic) bond motifs is 1. The standard InChI is InChI=1S/C20H20FNO6/c21-15-3-1-13(2-4-15)17-7-8-22(28-20(23)24)10-14(17)11-25-16-5-6-18-19(9-16)27-12-26-18/h1-6,9,14,17H,7-8,10-12H2,(H,23,24)/t14-,17-/m0/s1. The Labute approximate surface area is 161 Å². The van der Waals surface area contributed by atoms with Crippen molar-refractivity contribution in [3.05, 3.63) is 53.8 Å². The van der Waals surface area contributed by atoms with Crippen LogP contribution in [0.1, 0.15) is 17.9 Å². The maximum atomic E-state index is 13.3. The first-order valence-electron chi connectivity index (χ1n) is 9.02. The summed E-state index contributed by atoms with van der Waals surface area (Å²) in [6.45, 7) is 1.39. The van der Waals surface area contributed by atoms with Gasteiger partial charge in [-0.2, -0.15) is 0 Å². The molecule has 0 saturated carbocycles. The third-order valence-electron chi connectivity index (χ3n) is 5.01. The van der Waals surface area contributed by atoms with Crippen molar-refractivity contribution in [3.63, 3.8) is 0 Å². The number of halogens is 1. The van der Waals surface area contributed by atoms with Crippen molar-refractivity contribution >= 4 is 6.16 Å². The zero-order chi connectivity index (χ0) is 19.5. The van der Waals surface area contributed by atoms with Gasteiger partial charge in [0.25, 0.3) is 0 Å². The summed E-state index contributed by atoms with van der Waals surface area (Å²) in [6.07, 6.45) is -0.663. The molecule has 2 atom stereocenters. The van der Waals surface area contributed by atoms with Gasteiger partial charge in [-0.3, -0.25) is 0 Å². The largest absolute Gasteiger partial charge is 0.525 e. The van der Waals surface area contributed by atoms with E-state index in [9.17, 15) is 9.18 Å². The SMILES string of the molecule is O=C(O)ON1CC[C@@H](c2ccc(F)cc2)[C@H](COc2ccc3c(c2)OCO3)C1. The number of nitrogens with zero attached hydrogens (tertiary/aromatic N) is 1. The Morgan fingerprint density at radius 3 is 2.75 bits per heavy atom. The molecule has 0 amide bonds. The van der Waals surface area contributed by atoms with Crippen LogP contribution < -0.4 is 14.2 Å². The van der Waals surface area contributed by atoms with Crippen LogP contribution in [0.25, 0.3) is 0 Å². The highest BCUT2D eigenvalue weighted by atomic mass is 19.1. The summed E-state index contributed by atoms with van der Waals surface area (Å²) in [6, 6.07) is 11.8. The Bertz CT molecular complexity index is 843. The maximum Gasteiger partial charge on any atom is 0.525 e. The zero-order valence-electron chi connectivity index (χ0n) is 15.0. The molecule has 0 spiro atoms. The second-order valence-corrected chi connectivity index (χ2v) is 6.78. The van der Waals surface area contributed by atoms with Gasteiger partial charge in [0.2, 0.25) is 6.79 Å². The molecule has 0 radical (unpaired) electrons. The van der Waals surface area contributed by atoms with Gasteiger partial charge < -0.3 is 24.2 Å². The molecule has 0 aromatic heterocycles. The van der Waals surface area contributed by atoms with Crippen molar-refractivity contribution < 1.29 is 33.3 Å². The highest BCUT2D eigenvalue weighted by Crippen LogP contribution is 2.37. The number of benzene rings is 2. The predicted molar refractivity (Wildman–Crippen MR) is 96.0 cm³/mol. The molecular weight excluding hydrogens is 369 g/mol. The lowest BCUT2D eigenvalue weighted by molar-refractivity contribution is -0.146. The van der Waals surface area contributed by atoms with Gasteiger partial charge in [0.15, 0.2) is 11.5 Å². The summed E-state index contributed by atoms with van der Waals surface area (Å²) in [5.74, 6) is 1.72. The summed E-state index contributed by atoms with van der Waals surface area (Å²) in [4.78, 5) is 15.7. The van der Waals surface area contributed by atoms with E-state index >= 15 is 0 Å². The van der Waals surface area contributed by atoms with Gasteiger partial charge in [-0.25, -0.2) is 9.18 Å². The number of hydrogen-bond donors (Lipinski definition) is 1. The van der Waals surface area contributed by atoms with Crippen LogP contribution in [-0.2, 0) is 4.84 Å². The van der Waals surface area contributed by atoms with Crippen LogP contribution in [0, 0.1) is 11.7 Å². The molecule has 8 heteroatoms. The number of carboxylic acid groups (broad SMARTS) is 1. The summed E-state index contributed by atoms with van der Waals surface area (Å²) in [5.41, 5.74) is 0.996. The molecular formula is C20H20FNO6. The predicted octanol–water partition coefficient (Wildman–Crippen LogP) is 3.65. The van der Waals surface area contributed by atoms with Crippen molar-refractivity contribution in [1.29, 1.82) is 0 Å². The smallest absolute Gasteiger partial charge is 0.493 e. The maximum absolute atomic E-state index is 13.3. The zero-order valence-corrected chi connectivity index (χ0v) is 15.0. The summed E-state index contributed by atoms with van der Waals surface area (Å²) in [5, 5.41) is 10.3. The number of piperidine rings is 1. The van der Waals surface area contributed by atoms with Crippen LogP contribution >= 0.6 is 0 Å². The van der Waals surface area contributed by atoms with Gasteiger partial charge in [0.05, 0.1) is 6.61 Å². The first-order chi connectivity index (χ1) is 13.6. The lowest BCUT2D eigenvalue weighted by Gasteiger charge is -2.36. The molecule has 0 bridgehead atoms. The average Bonchev–Trinajstić information content (AvgIpc) is 3.15. The highest BCUT2D eigenvalue weighted by molar-refractivity contribution is 5.56. The Kier molecular flexibility index (Phi) is 5.21. The first-order valence-corrected chi connectivity index (χ1v) is 9.02. The van der Waals surface area contributed by atoms with Crippen LogP contribution in [0.2, 0.25) is 0 Å². The van der Waals surface area contributed by atoms with Crippen molar-refractivity contribution in [2.24, 2.45) is 5.92 Å². The van der Waals surface area contributed by atoms with Crippen molar-refractivity contribution in [1.82, 2.24) is 5.06 Å². The molecule has 0 aliphatic carbocycles. The molecule has 1 fully saturated rings. The van der Waals surface area contributed by atoms with Crippen LogP contribution in [-0.4, -0.2) is 42.8 Å². The molecule has 7 nitrogen and oxygen atoms in total. The van der Waals surface area contributed by atoms with Crippen molar-refractivity contribution in [2.45, 2.75) is 12.3 Å². The van der Waals surface area contributed by atoms with Crippen LogP contribution in [0.4, 0.5) is 9.18 Å². The van der Waals surface area contributed by atoms with Gasteiger partial charge in [-0.1, -0.05) is 12.1 Å². The molecule has 4 rings (SSSR count). The normalized spacial score (nSPS) is 21.3. The van der Waals surface area contributed by atoms with E-state index < -0.39 is 6.16 Å². The van der Waals surface area contributed by atoms with E-state index in [1.165, 1.54) is 17.2 Å². The Morgan fingerprint density at radius 1 is 1.18 bits per heavy atom. The van der Waals surface area contributed by atoms with Crippen LogP contribution in [0.3, 0.4) is 0 Å². The highest BCUT2D eigenvalue weighted by Gasteiger charge is 2.33. The molecule has 2 aromatic rings. The third kappa shape index (κ3) is 4.12. The van der Waals surface area contributed by atoms with Crippen LogP contribution in [0.5, 0.6) is 17.2 Å². The fourth-order valence-corrected chi connectivity index (χ4v) is 3.68. The van der Waals surface area contributed by atoms with Gasteiger partial charge in [0, 0.05) is 25.1 Å². The Morgan fingerprint density at radius 2 is 1.96 bits per heavy atom.